The minimum absolute atomic E-state index is 0.121. The van der Waals surface area contributed by atoms with Gasteiger partial charge >= 0.3 is 0 Å². The summed E-state index contributed by atoms with van der Waals surface area (Å²) in [6, 6.07) is 1.56. The Morgan fingerprint density at radius 2 is 1.19 bits per heavy atom. The minimum Gasteiger partial charge on any atom is -0.308 e. The second-order valence-corrected chi connectivity index (χ2v) is 7.65. The summed E-state index contributed by atoms with van der Waals surface area (Å²) < 4.78 is 0. The lowest BCUT2D eigenvalue weighted by atomic mass is 10.0. The summed E-state index contributed by atoms with van der Waals surface area (Å²) in [6.45, 7) is 4.97. The van der Waals surface area contributed by atoms with E-state index in [2.05, 4.69) is 12.2 Å². The van der Waals surface area contributed by atoms with Gasteiger partial charge in [0.1, 0.15) is 6.42 Å². The van der Waals surface area contributed by atoms with Crippen LogP contribution in [0.25, 0.3) is 0 Å². The highest BCUT2D eigenvalue weighted by molar-refractivity contribution is 5.93. The first-order valence-corrected chi connectivity index (χ1v) is 11.2. The molecule has 0 saturated heterocycles. The number of nitrogens with zero attached hydrogens (tertiary/aromatic N) is 1. The molecular weight excluding hydrogens is 320 g/mol. The highest BCUT2D eigenvalue weighted by atomic mass is 16.1. The van der Waals surface area contributed by atoms with Crippen LogP contribution in [0.15, 0.2) is 0 Å². The first-order chi connectivity index (χ1) is 12.7. The third-order valence-corrected chi connectivity index (χ3v) is 5.11. The summed E-state index contributed by atoms with van der Waals surface area (Å²) in [5, 5.41) is 11.6. The minimum atomic E-state index is -0.231. The Morgan fingerprint density at radius 1 is 0.808 bits per heavy atom. The van der Waals surface area contributed by atoms with Crippen molar-refractivity contribution in [2.45, 2.75) is 123 Å². The number of nitriles is 1. The van der Waals surface area contributed by atoms with Gasteiger partial charge in [0.25, 0.3) is 0 Å². The van der Waals surface area contributed by atoms with Gasteiger partial charge in [-0.15, -0.1) is 0 Å². The van der Waals surface area contributed by atoms with Crippen molar-refractivity contribution in [1.29, 1.82) is 5.26 Å². The summed E-state index contributed by atoms with van der Waals surface area (Å²) in [6.07, 6.45) is 23.1. The van der Waals surface area contributed by atoms with Crippen LogP contribution in [0.1, 0.15) is 117 Å². The van der Waals surface area contributed by atoms with Crippen LogP contribution in [0.3, 0.4) is 0 Å². The molecule has 0 aliphatic heterocycles. The van der Waals surface area contributed by atoms with Crippen LogP contribution in [-0.2, 0) is 4.79 Å². The van der Waals surface area contributed by atoms with Crippen molar-refractivity contribution in [3.05, 3.63) is 6.42 Å². The Bertz CT molecular complexity index is 349. The lowest BCUT2D eigenvalue weighted by Gasteiger charge is -2.10. The topological polar surface area (TPSA) is 52.9 Å². The maximum Gasteiger partial charge on any atom is 0.168 e. The van der Waals surface area contributed by atoms with E-state index in [1.54, 1.807) is 6.07 Å². The van der Waals surface area contributed by atoms with Crippen LogP contribution < -0.4 is 5.32 Å². The summed E-state index contributed by atoms with van der Waals surface area (Å²) >= 11 is 0. The van der Waals surface area contributed by atoms with Gasteiger partial charge in [-0.25, -0.2) is 0 Å². The van der Waals surface area contributed by atoms with E-state index in [4.69, 9.17) is 5.26 Å². The van der Waals surface area contributed by atoms with E-state index in [0.717, 1.165) is 19.4 Å². The molecule has 0 amide bonds. The zero-order chi connectivity index (χ0) is 19.3. The SMILES string of the molecule is CCCCCCCCCCCCCCCCCCN[C@H](C)C(=O)[CH]C#N. The molecule has 0 bridgehead atoms. The first kappa shape index (κ1) is 25.1. The molecule has 3 heteroatoms. The summed E-state index contributed by atoms with van der Waals surface area (Å²) in [5.41, 5.74) is 0. The molecule has 0 aromatic heterocycles. The molecule has 0 aliphatic carbocycles. The second kappa shape index (κ2) is 20.4. The lowest BCUT2D eigenvalue weighted by molar-refractivity contribution is -0.117. The number of hydrogen-bond acceptors (Lipinski definition) is 3. The maximum absolute atomic E-state index is 11.4. The largest absolute Gasteiger partial charge is 0.308 e. The molecule has 0 heterocycles. The van der Waals surface area contributed by atoms with Gasteiger partial charge in [-0.1, -0.05) is 103 Å². The van der Waals surface area contributed by atoms with Gasteiger partial charge in [-0.05, 0) is 19.9 Å². The van der Waals surface area contributed by atoms with E-state index in [1.807, 2.05) is 6.92 Å². The van der Waals surface area contributed by atoms with Crippen molar-refractivity contribution in [3.8, 4) is 6.07 Å². The number of Topliss-reactive ketones (excluding diaryl/α,β-unsaturated/α-hetero) is 1. The van der Waals surface area contributed by atoms with E-state index in [9.17, 15) is 4.79 Å². The fourth-order valence-electron chi connectivity index (χ4n) is 3.28. The first-order valence-electron chi connectivity index (χ1n) is 11.2. The zero-order valence-corrected chi connectivity index (χ0v) is 17.5. The number of rotatable bonds is 20. The normalized spacial score (nSPS) is 12.0. The van der Waals surface area contributed by atoms with Crippen molar-refractivity contribution in [2.24, 2.45) is 0 Å². The molecule has 0 spiro atoms. The van der Waals surface area contributed by atoms with Crippen molar-refractivity contribution in [3.63, 3.8) is 0 Å². The number of carbonyl (C=O) groups excluding carboxylic acids is 1. The summed E-state index contributed by atoms with van der Waals surface area (Å²) in [4.78, 5) is 11.4. The molecule has 0 fully saturated rings. The molecule has 0 saturated carbocycles. The second-order valence-electron chi connectivity index (χ2n) is 7.65. The third-order valence-electron chi connectivity index (χ3n) is 5.11. The molecule has 1 radical (unpaired) electrons. The van der Waals surface area contributed by atoms with Crippen molar-refractivity contribution in [1.82, 2.24) is 5.32 Å². The third kappa shape index (κ3) is 17.9. The van der Waals surface area contributed by atoms with Crippen molar-refractivity contribution < 1.29 is 4.79 Å². The maximum atomic E-state index is 11.4. The fraction of sp³-hybridized carbons (Fsp3) is 0.870. The van der Waals surface area contributed by atoms with E-state index < -0.39 is 0 Å². The molecule has 1 N–H and O–H groups in total. The molecule has 3 nitrogen and oxygen atoms in total. The van der Waals surface area contributed by atoms with E-state index >= 15 is 0 Å². The smallest absolute Gasteiger partial charge is 0.168 e. The average molecular weight is 364 g/mol. The van der Waals surface area contributed by atoms with E-state index in [0.29, 0.717) is 0 Å². The van der Waals surface area contributed by atoms with Gasteiger partial charge in [-0.2, -0.15) is 5.26 Å². The molecule has 1 atom stereocenters. The van der Waals surface area contributed by atoms with Gasteiger partial charge < -0.3 is 5.32 Å². The molecule has 0 aromatic carbocycles. The number of unbranched alkanes of at least 4 members (excludes halogenated alkanes) is 15. The van der Waals surface area contributed by atoms with Gasteiger partial charge in [0.05, 0.1) is 12.1 Å². The molecule has 151 valence electrons. The van der Waals surface area contributed by atoms with Gasteiger partial charge in [0, 0.05) is 0 Å². The van der Waals surface area contributed by atoms with Gasteiger partial charge in [-0.3, -0.25) is 4.79 Å². The highest BCUT2D eigenvalue weighted by Crippen LogP contribution is 2.13. The van der Waals surface area contributed by atoms with Gasteiger partial charge in [0.15, 0.2) is 5.78 Å². The van der Waals surface area contributed by atoms with Gasteiger partial charge in [0.2, 0.25) is 0 Å². The predicted molar refractivity (Wildman–Crippen MR) is 112 cm³/mol. The summed E-state index contributed by atoms with van der Waals surface area (Å²) in [7, 11) is 0. The lowest BCUT2D eigenvalue weighted by Crippen LogP contribution is -2.34. The Balaban J connectivity index is 3.14. The van der Waals surface area contributed by atoms with Crippen LogP contribution in [0.5, 0.6) is 0 Å². The number of hydrogen-bond donors (Lipinski definition) is 1. The Hall–Kier alpha value is -0.880. The number of nitrogens with one attached hydrogen (secondary N) is 1. The Morgan fingerprint density at radius 3 is 1.58 bits per heavy atom. The molecule has 26 heavy (non-hydrogen) atoms. The predicted octanol–water partition coefficient (Wildman–Crippen LogP) is 6.52. The molecular formula is C23H43N2O. The molecule has 0 rings (SSSR count). The highest BCUT2D eigenvalue weighted by Gasteiger charge is 2.10. The van der Waals surface area contributed by atoms with Crippen LogP contribution in [0.2, 0.25) is 0 Å². The van der Waals surface area contributed by atoms with Crippen molar-refractivity contribution >= 4 is 5.78 Å². The Kier molecular flexibility index (Phi) is 19.7. The van der Waals surface area contributed by atoms with E-state index in [-0.39, 0.29) is 11.8 Å². The van der Waals surface area contributed by atoms with Crippen LogP contribution in [-0.4, -0.2) is 18.4 Å². The van der Waals surface area contributed by atoms with Crippen LogP contribution in [0.4, 0.5) is 0 Å². The van der Waals surface area contributed by atoms with Crippen LogP contribution in [0, 0.1) is 17.8 Å². The summed E-state index contributed by atoms with van der Waals surface area (Å²) in [5.74, 6) is -0.121. The Labute approximate surface area is 163 Å². The average Bonchev–Trinajstić information content (AvgIpc) is 2.64. The van der Waals surface area contributed by atoms with Crippen LogP contribution >= 0.6 is 0 Å². The zero-order valence-electron chi connectivity index (χ0n) is 17.5. The molecule has 0 aliphatic rings. The van der Waals surface area contributed by atoms with E-state index in [1.165, 1.54) is 96.3 Å². The number of carbonyl (C=O) groups is 1. The molecule has 0 aromatic rings. The quantitative estimate of drug-likeness (QED) is 0.250. The monoisotopic (exact) mass is 363 g/mol. The van der Waals surface area contributed by atoms with Crippen molar-refractivity contribution in [2.75, 3.05) is 6.54 Å². The molecule has 0 unspecified atom stereocenters. The fourth-order valence-corrected chi connectivity index (χ4v) is 3.28. The number of ketones is 1. The standard InChI is InChI=1S/C23H43N2O/c1-3-4-5-6-7-8-9-10-11-12-13-14-15-16-17-18-21-25-22(2)23(26)19-20-24/h19,22,25H,3-18,21H2,1-2H3/t22-/m1/s1.